The number of piperidine rings is 1. The zero-order chi connectivity index (χ0) is 17.9. The molecule has 1 aliphatic heterocycles. The molecule has 25 heavy (non-hydrogen) atoms. The van der Waals surface area contributed by atoms with Gasteiger partial charge >= 0.3 is 0 Å². The monoisotopic (exact) mass is 336 g/mol. The molecule has 3 heteroatoms. The van der Waals surface area contributed by atoms with Gasteiger partial charge in [-0.2, -0.15) is 0 Å². The van der Waals surface area contributed by atoms with Crippen LogP contribution in [0.4, 0.5) is 0 Å². The van der Waals surface area contributed by atoms with Gasteiger partial charge in [-0.25, -0.2) is 0 Å². The molecule has 1 unspecified atom stereocenters. The second-order valence-corrected chi connectivity index (χ2v) is 7.52. The average molecular weight is 336 g/mol. The highest BCUT2D eigenvalue weighted by Crippen LogP contribution is 2.28. The number of rotatable bonds is 5. The molecule has 2 aromatic carbocycles. The van der Waals surface area contributed by atoms with Crippen molar-refractivity contribution in [2.45, 2.75) is 31.7 Å². The van der Waals surface area contributed by atoms with Crippen molar-refractivity contribution in [3.63, 3.8) is 0 Å². The largest absolute Gasteiger partial charge is 0.319 e. The number of carbonyl (C=O) groups excluding carboxylic acids is 1. The van der Waals surface area contributed by atoms with Crippen molar-refractivity contribution >= 4 is 5.78 Å². The zero-order valence-electron chi connectivity index (χ0n) is 15.2. The molecule has 1 aliphatic rings. The van der Waals surface area contributed by atoms with Crippen LogP contribution in [0.5, 0.6) is 0 Å². The lowest BCUT2D eigenvalue weighted by Crippen LogP contribution is -2.54. The van der Waals surface area contributed by atoms with Crippen molar-refractivity contribution in [3.8, 4) is 11.1 Å². The molecule has 0 bridgehead atoms. The van der Waals surface area contributed by atoms with Crippen LogP contribution in [0.25, 0.3) is 11.1 Å². The molecule has 0 radical (unpaired) electrons. The molecule has 0 spiro atoms. The van der Waals surface area contributed by atoms with Crippen LogP contribution in [0, 0.1) is 5.92 Å². The van der Waals surface area contributed by atoms with Gasteiger partial charge in [0.05, 0.1) is 5.54 Å². The van der Waals surface area contributed by atoms with Gasteiger partial charge in [-0.15, -0.1) is 0 Å². The second kappa shape index (κ2) is 7.51. The molecule has 1 heterocycles. The van der Waals surface area contributed by atoms with Crippen molar-refractivity contribution in [1.29, 1.82) is 0 Å². The van der Waals surface area contributed by atoms with E-state index in [1.54, 1.807) is 0 Å². The third-order valence-electron chi connectivity index (χ3n) is 5.59. The Hall–Kier alpha value is -1.97. The fraction of sp³-hybridized carbons (Fsp3) is 0.409. The Kier molecular flexibility index (Phi) is 5.36. The first kappa shape index (κ1) is 17.8. The molecule has 1 fully saturated rings. The summed E-state index contributed by atoms with van der Waals surface area (Å²) >= 11 is 0. The molecule has 0 amide bonds. The normalized spacial score (nSPS) is 18.7. The highest BCUT2D eigenvalue weighted by Gasteiger charge is 2.38. The maximum Gasteiger partial charge on any atom is 0.156 e. The molecule has 2 N–H and O–H groups in total. The number of nitrogens with two attached hydrogens (primary N) is 1. The number of ketones is 1. The molecule has 3 rings (SSSR count). The molecular weight excluding hydrogens is 308 g/mol. The standard InChI is InChI=1S/C22H28N2O/c1-22(23,20-12-14-24(2)15-13-20)21(25)16-17-8-10-19(11-9-17)18-6-4-3-5-7-18/h3-11,20H,12-16,23H2,1-2H3. The van der Waals surface area contributed by atoms with Crippen molar-refractivity contribution in [2.75, 3.05) is 20.1 Å². The topological polar surface area (TPSA) is 46.3 Å². The summed E-state index contributed by atoms with van der Waals surface area (Å²) in [4.78, 5) is 15.1. The summed E-state index contributed by atoms with van der Waals surface area (Å²) in [6.07, 6.45) is 2.42. The molecule has 2 aromatic rings. The number of hydrogen-bond acceptors (Lipinski definition) is 3. The Labute approximate surface area is 150 Å². The zero-order valence-corrected chi connectivity index (χ0v) is 15.2. The molecular formula is C22H28N2O. The first-order valence-corrected chi connectivity index (χ1v) is 9.12. The molecule has 1 atom stereocenters. The summed E-state index contributed by atoms with van der Waals surface area (Å²) in [5, 5.41) is 0. The number of nitrogens with zero attached hydrogens (tertiary/aromatic N) is 1. The van der Waals surface area contributed by atoms with Crippen LogP contribution in [0.15, 0.2) is 54.6 Å². The fourth-order valence-electron chi connectivity index (χ4n) is 3.66. The average Bonchev–Trinajstić information content (AvgIpc) is 2.63. The lowest BCUT2D eigenvalue weighted by atomic mass is 9.75. The minimum atomic E-state index is -0.737. The number of likely N-dealkylation sites (tertiary alicyclic amines) is 1. The molecule has 132 valence electrons. The number of benzene rings is 2. The van der Waals surface area contributed by atoms with Crippen molar-refractivity contribution in [3.05, 3.63) is 60.2 Å². The van der Waals surface area contributed by atoms with Gasteiger partial charge in [0.1, 0.15) is 0 Å². The fourth-order valence-corrected chi connectivity index (χ4v) is 3.66. The third-order valence-corrected chi connectivity index (χ3v) is 5.59. The maximum atomic E-state index is 12.8. The van der Waals surface area contributed by atoms with Crippen LogP contribution in [-0.2, 0) is 11.2 Å². The van der Waals surface area contributed by atoms with E-state index >= 15 is 0 Å². The van der Waals surface area contributed by atoms with Gasteiger partial charge in [0.25, 0.3) is 0 Å². The second-order valence-electron chi connectivity index (χ2n) is 7.52. The lowest BCUT2D eigenvalue weighted by molar-refractivity contribution is -0.125. The molecule has 0 aromatic heterocycles. The summed E-state index contributed by atoms with van der Waals surface area (Å²) in [6, 6.07) is 18.5. The Morgan fingerprint density at radius 2 is 1.60 bits per heavy atom. The molecule has 0 aliphatic carbocycles. The van der Waals surface area contributed by atoms with Crippen LogP contribution < -0.4 is 5.73 Å². The van der Waals surface area contributed by atoms with Crippen molar-refractivity contribution in [2.24, 2.45) is 11.7 Å². The highest BCUT2D eigenvalue weighted by atomic mass is 16.1. The lowest BCUT2D eigenvalue weighted by Gasteiger charge is -2.38. The van der Waals surface area contributed by atoms with Crippen LogP contribution in [0.2, 0.25) is 0 Å². The van der Waals surface area contributed by atoms with Crippen molar-refractivity contribution in [1.82, 2.24) is 4.90 Å². The van der Waals surface area contributed by atoms with Gasteiger partial charge in [-0.3, -0.25) is 4.79 Å². The van der Waals surface area contributed by atoms with E-state index in [0.717, 1.165) is 31.5 Å². The van der Waals surface area contributed by atoms with Gasteiger partial charge in [0, 0.05) is 6.42 Å². The first-order valence-electron chi connectivity index (χ1n) is 9.12. The summed E-state index contributed by atoms with van der Waals surface area (Å²) in [7, 11) is 2.13. The summed E-state index contributed by atoms with van der Waals surface area (Å²) in [6.45, 7) is 3.97. The van der Waals surface area contributed by atoms with E-state index in [0.29, 0.717) is 6.42 Å². The number of Topliss-reactive ketones (excluding diaryl/α,β-unsaturated/α-hetero) is 1. The van der Waals surface area contributed by atoms with Crippen LogP contribution in [0.3, 0.4) is 0 Å². The van der Waals surface area contributed by atoms with E-state index in [1.165, 1.54) is 11.1 Å². The van der Waals surface area contributed by atoms with Gasteiger partial charge in [-0.1, -0.05) is 54.6 Å². The molecule has 3 nitrogen and oxygen atoms in total. The van der Waals surface area contributed by atoms with Gasteiger partial charge in [0.15, 0.2) is 5.78 Å². The predicted octanol–water partition coefficient (Wildman–Crippen LogP) is 3.52. The minimum absolute atomic E-state index is 0.148. The van der Waals surface area contributed by atoms with Gasteiger partial charge in [0.2, 0.25) is 0 Å². The van der Waals surface area contributed by atoms with E-state index in [-0.39, 0.29) is 11.7 Å². The third kappa shape index (κ3) is 4.17. The van der Waals surface area contributed by atoms with Crippen LogP contribution in [0.1, 0.15) is 25.3 Å². The quantitative estimate of drug-likeness (QED) is 0.908. The van der Waals surface area contributed by atoms with E-state index < -0.39 is 5.54 Å². The minimum Gasteiger partial charge on any atom is -0.319 e. The predicted molar refractivity (Wildman–Crippen MR) is 103 cm³/mol. The Balaban J connectivity index is 1.66. The van der Waals surface area contributed by atoms with E-state index in [4.69, 9.17) is 5.73 Å². The Morgan fingerprint density at radius 1 is 1.04 bits per heavy atom. The summed E-state index contributed by atoms with van der Waals surface area (Å²) < 4.78 is 0. The number of carbonyl (C=O) groups is 1. The maximum absolute atomic E-state index is 12.8. The van der Waals surface area contributed by atoms with Crippen LogP contribution in [-0.4, -0.2) is 36.4 Å². The Morgan fingerprint density at radius 3 is 2.20 bits per heavy atom. The summed E-state index contributed by atoms with van der Waals surface area (Å²) in [5.41, 5.74) is 9.14. The van der Waals surface area contributed by atoms with Gasteiger partial charge < -0.3 is 10.6 Å². The highest BCUT2D eigenvalue weighted by molar-refractivity contribution is 5.90. The first-order chi connectivity index (χ1) is 12.0. The van der Waals surface area contributed by atoms with Gasteiger partial charge in [-0.05, 0) is 62.5 Å². The molecule has 0 saturated carbocycles. The van der Waals surface area contributed by atoms with E-state index in [1.807, 2.05) is 37.3 Å². The van der Waals surface area contributed by atoms with Crippen molar-refractivity contribution < 1.29 is 4.79 Å². The summed E-state index contributed by atoms with van der Waals surface area (Å²) in [5.74, 6) is 0.425. The SMILES string of the molecule is CN1CCC(C(C)(N)C(=O)Cc2ccc(-c3ccccc3)cc2)CC1. The van der Waals surface area contributed by atoms with E-state index in [9.17, 15) is 4.79 Å². The van der Waals surface area contributed by atoms with E-state index in [2.05, 4.69) is 36.2 Å². The molecule has 1 saturated heterocycles. The number of hydrogen-bond donors (Lipinski definition) is 1. The smallest absolute Gasteiger partial charge is 0.156 e. The van der Waals surface area contributed by atoms with Crippen LogP contribution >= 0.6 is 0 Å². The Bertz CT molecular complexity index is 699.